The van der Waals surface area contributed by atoms with Gasteiger partial charge in [-0.2, -0.15) is 0 Å². The molecular weight excluding hydrogens is 556 g/mol. The minimum Gasteiger partial charge on any atom is -1.00 e. The van der Waals surface area contributed by atoms with Crippen LogP contribution < -0.4 is 32.0 Å². The second-order valence-electron chi connectivity index (χ2n) is 9.96. The number of rotatable bonds is 18. The number of allylic oxidation sites excluding steroid dienone is 1. The van der Waals surface area contributed by atoms with Crippen molar-refractivity contribution in [2.24, 2.45) is 0 Å². The van der Waals surface area contributed by atoms with Crippen LogP contribution in [0.5, 0.6) is 5.75 Å². The quantitative estimate of drug-likeness (QED) is 0.217. The largest absolute Gasteiger partial charge is 1.00 e. The number of anilines is 1. The summed E-state index contributed by atoms with van der Waals surface area (Å²) >= 11 is 1.71. The molecule has 2 aromatic carbocycles. The summed E-state index contributed by atoms with van der Waals surface area (Å²) in [6, 6.07) is 15.4. The molecule has 6 heteroatoms. The average Bonchev–Trinajstić information content (AvgIpc) is 3.31. The van der Waals surface area contributed by atoms with Crippen LogP contribution in [0.4, 0.5) is 5.69 Å². The smallest absolute Gasteiger partial charge is 0.296 e. The van der Waals surface area contributed by atoms with E-state index in [0.717, 1.165) is 41.5 Å². The molecule has 4 nitrogen and oxygen atoms in total. The van der Waals surface area contributed by atoms with Crippen LogP contribution in [0.15, 0.2) is 59.6 Å². The topological polar surface area (TPSA) is 52.4 Å². The maximum atomic E-state index is 12.7. The fourth-order valence-corrected chi connectivity index (χ4v) is 5.28. The van der Waals surface area contributed by atoms with Gasteiger partial charge in [0.1, 0.15) is 5.75 Å². The molecule has 0 saturated heterocycles. The van der Waals surface area contributed by atoms with Crippen molar-refractivity contribution in [2.75, 3.05) is 11.9 Å². The van der Waals surface area contributed by atoms with Crippen LogP contribution in [0, 0.1) is 0 Å². The highest BCUT2D eigenvalue weighted by Gasteiger charge is 2.20. The summed E-state index contributed by atoms with van der Waals surface area (Å²) in [6.45, 7) is 5.07. The summed E-state index contributed by atoms with van der Waals surface area (Å²) < 4.78 is 5.89. The Bertz CT molecular complexity index is 1020. The van der Waals surface area contributed by atoms with Crippen LogP contribution in [-0.4, -0.2) is 17.6 Å². The highest BCUT2D eigenvalue weighted by atomic mass is 79.9. The van der Waals surface area contributed by atoms with E-state index in [1.54, 1.807) is 11.8 Å². The summed E-state index contributed by atoms with van der Waals surface area (Å²) in [5.74, 6) is 0.704. The van der Waals surface area contributed by atoms with Crippen LogP contribution in [0.2, 0.25) is 0 Å². The SMILES string of the molecule is CCCCCCCCCCCCCCOc1ccc(C(=O)Nc2cccc(CC3=[N+]C=C(C)S3)c2)cc1.[Br-]. The first-order valence-electron chi connectivity index (χ1n) is 14.2. The number of hydrogen-bond donors (Lipinski definition) is 1. The van der Waals surface area contributed by atoms with Crippen LogP contribution in [0.25, 0.3) is 0 Å². The maximum Gasteiger partial charge on any atom is 0.296 e. The number of carbonyl (C=O) groups excluding carboxylic acids is 1. The van der Waals surface area contributed by atoms with Crippen LogP contribution >= 0.6 is 11.8 Å². The van der Waals surface area contributed by atoms with Crippen molar-refractivity contribution in [3.8, 4) is 5.75 Å². The van der Waals surface area contributed by atoms with Gasteiger partial charge in [0.25, 0.3) is 17.2 Å². The van der Waals surface area contributed by atoms with Gasteiger partial charge in [-0.05, 0) is 67.1 Å². The van der Waals surface area contributed by atoms with E-state index in [9.17, 15) is 4.79 Å². The first-order chi connectivity index (χ1) is 18.1. The van der Waals surface area contributed by atoms with Crippen molar-refractivity contribution >= 4 is 28.4 Å². The van der Waals surface area contributed by atoms with Gasteiger partial charge in [-0.15, -0.1) is 0 Å². The van der Waals surface area contributed by atoms with E-state index < -0.39 is 0 Å². The van der Waals surface area contributed by atoms with E-state index in [1.165, 1.54) is 75.5 Å². The molecule has 0 atom stereocenters. The lowest BCUT2D eigenvalue weighted by Gasteiger charge is -2.09. The van der Waals surface area contributed by atoms with Crippen LogP contribution in [0.3, 0.4) is 0 Å². The number of carbonyl (C=O) groups is 1. The summed E-state index contributed by atoms with van der Waals surface area (Å²) in [4.78, 5) is 18.4. The number of nitrogens with one attached hydrogen (secondary N) is 1. The van der Waals surface area contributed by atoms with Gasteiger partial charge < -0.3 is 27.0 Å². The fraction of sp³-hybridized carbons (Fsp3) is 0.500. The molecule has 0 saturated carbocycles. The number of ether oxygens (including phenoxy) is 1. The molecule has 1 aliphatic rings. The van der Waals surface area contributed by atoms with E-state index in [1.807, 2.05) is 48.7 Å². The van der Waals surface area contributed by atoms with Crippen molar-refractivity contribution < 1.29 is 26.5 Å². The number of nitrogens with zero attached hydrogens (tertiary/aromatic N) is 1. The number of hydrogen-bond acceptors (Lipinski definition) is 4. The van der Waals surface area contributed by atoms with Gasteiger partial charge in [-0.1, -0.05) is 89.7 Å². The van der Waals surface area contributed by atoms with Gasteiger partial charge >= 0.3 is 0 Å². The second-order valence-corrected chi connectivity index (χ2v) is 11.3. The lowest BCUT2D eigenvalue weighted by atomic mass is 10.1. The zero-order valence-electron chi connectivity index (χ0n) is 23.1. The Morgan fingerprint density at radius 1 is 0.868 bits per heavy atom. The lowest BCUT2D eigenvalue weighted by Crippen LogP contribution is -3.00. The monoisotopic (exact) mass is 599 g/mol. The van der Waals surface area contributed by atoms with E-state index in [2.05, 4.69) is 30.2 Å². The first kappa shape index (κ1) is 32.2. The standard InChI is InChI=1S/C32H44N2O2S.BrH/c1-3-4-5-6-7-8-9-10-11-12-13-14-22-36-30-20-18-28(19-21-30)32(35)34-29-17-15-16-27(23-29)24-31-33-25-26(2)37-31;/h15-21,23,25H,3-14,22,24H2,1-2H3,(H,34,35);1H/q+1;/p-1. The van der Waals surface area contributed by atoms with Crippen molar-refractivity contribution in [3.63, 3.8) is 0 Å². The zero-order chi connectivity index (χ0) is 26.1. The van der Waals surface area contributed by atoms with Gasteiger partial charge in [-0.25, -0.2) is 0 Å². The normalized spacial score (nSPS) is 12.5. The summed E-state index contributed by atoms with van der Waals surface area (Å²) in [5.41, 5.74) is 2.55. The third-order valence-electron chi connectivity index (χ3n) is 6.59. The van der Waals surface area contributed by atoms with Gasteiger partial charge in [0, 0.05) is 11.3 Å². The molecule has 207 valence electrons. The number of benzene rings is 2. The second kappa shape index (κ2) is 19.1. The molecule has 2 aromatic rings. The Morgan fingerprint density at radius 2 is 1.50 bits per heavy atom. The van der Waals surface area contributed by atoms with Crippen molar-refractivity contribution in [1.29, 1.82) is 0 Å². The molecule has 1 heterocycles. The minimum absolute atomic E-state index is 0. The van der Waals surface area contributed by atoms with E-state index in [0.29, 0.717) is 5.56 Å². The first-order valence-corrected chi connectivity index (χ1v) is 15.0. The maximum absolute atomic E-state index is 12.7. The van der Waals surface area contributed by atoms with Gasteiger partial charge in [-0.3, -0.25) is 4.79 Å². The number of unbranched alkanes of at least 4 members (excludes halogenated alkanes) is 11. The number of aliphatic imine (C=N–C) groups is 1. The summed E-state index contributed by atoms with van der Waals surface area (Å²) in [7, 11) is 0. The van der Waals surface area contributed by atoms with Gasteiger partial charge in [0.15, 0.2) is 0 Å². The molecule has 0 fully saturated rings. The zero-order valence-corrected chi connectivity index (χ0v) is 25.5. The highest BCUT2D eigenvalue weighted by molar-refractivity contribution is 8.17. The molecule has 0 unspecified atom stereocenters. The van der Waals surface area contributed by atoms with E-state index in [-0.39, 0.29) is 22.9 Å². The van der Waals surface area contributed by atoms with Gasteiger partial charge in [0.2, 0.25) is 0 Å². The van der Waals surface area contributed by atoms with Crippen LogP contribution in [0.1, 0.15) is 107 Å². The number of thioether (sulfide) groups is 1. The minimum atomic E-state index is -0.116. The molecule has 0 aliphatic carbocycles. The Balaban J connectivity index is 0.00000507. The summed E-state index contributed by atoms with van der Waals surface area (Å²) in [6.07, 6.45) is 18.7. The predicted octanol–water partition coefficient (Wildman–Crippen LogP) is 5.91. The number of amides is 1. The molecule has 0 aromatic heterocycles. The predicted molar refractivity (Wildman–Crippen MR) is 160 cm³/mol. The molecule has 0 bridgehead atoms. The molecule has 1 radical (unpaired) electrons. The molecule has 3 rings (SSSR count). The Labute approximate surface area is 244 Å². The van der Waals surface area contributed by atoms with E-state index in [4.69, 9.17) is 4.74 Å². The Kier molecular flexibility index (Phi) is 16.1. The molecule has 1 N–H and O–H groups in total. The number of halogens is 1. The third-order valence-corrected chi connectivity index (χ3v) is 7.51. The van der Waals surface area contributed by atoms with Crippen molar-refractivity contribution in [1.82, 2.24) is 4.99 Å². The van der Waals surface area contributed by atoms with Crippen molar-refractivity contribution in [3.05, 3.63) is 70.8 Å². The molecule has 38 heavy (non-hydrogen) atoms. The lowest BCUT2D eigenvalue weighted by molar-refractivity contribution is -0.0000158. The molecule has 0 spiro atoms. The Morgan fingerprint density at radius 3 is 2.11 bits per heavy atom. The fourth-order valence-electron chi connectivity index (χ4n) is 4.46. The highest BCUT2D eigenvalue weighted by Crippen LogP contribution is 2.23. The summed E-state index contributed by atoms with van der Waals surface area (Å²) in [5, 5.41) is 4.09. The van der Waals surface area contributed by atoms with Crippen molar-refractivity contribution in [2.45, 2.75) is 97.3 Å². The van der Waals surface area contributed by atoms with E-state index >= 15 is 0 Å². The third kappa shape index (κ3) is 12.7. The molecule has 1 amide bonds. The average molecular weight is 601 g/mol. The van der Waals surface area contributed by atoms with Gasteiger partial charge in [0.05, 0.1) is 22.9 Å². The van der Waals surface area contributed by atoms with Crippen LogP contribution in [-0.2, 0) is 6.42 Å². The molecular formula is C32H44BrN2O2S. The molecule has 1 aliphatic heterocycles. The Hall–Kier alpha value is -2.05.